The number of morpholine rings is 1. The van der Waals surface area contributed by atoms with E-state index < -0.39 is 0 Å². The van der Waals surface area contributed by atoms with Crippen molar-refractivity contribution in [1.29, 1.82) is 0 Å². The molecule has 1 amide bonds. The quantitative estimate of drug-likeness (QED) is 0.498. The van der Waals surface area contributed by atoms with E-state index in [4.69, 9.17) is 9.47 Å². The lowest BCUT2D eigenvalue weighted by Gasteiger charge is -2.33. The number of carbonyl (C=O) groups excluding carboxylic acids is 1. The van der Waals surface area contributed by atoms with Crippen molar-refractivity contribution >= 4 is 17.7 Å². The topological polar surface area (TPSA) is 81.5 Å². The van der Waals surface area contributed by atoms with Crippen LogP contribution in [0.25, 0.3) is 5.69 Å². The van der Waals surface area contributed by atoms with E-state index in [1.807, 2.05) is 34.9 Å². The Hall–Kier alpha value is -2.88. The normalized spacial score (nSPS) is 16.6. The summed E-state index contributed by atoms with van der Waals surface area (Å²) in [6.07, 6.45) is 1.61. The number of para-hydroxylation sites is 2. The highest BCUT2D eigenvalue weighted by Gasteiger charge is 2.21. The van der Waals surface area contributed by atoms with Gasteiger partial charge in [0.1, 0.15) is 12.1 Å². The minimum absolute atomic E-state index is 0.0151. The molecule has 1 aliphatic rings. The molecule has 0 aliphatic carbocycles. The smallest absolute Gasteiger partial charge is 0.230 e. The molecule has 32 heavy (non-hydrogen) atoms. The van der Waals surface area contributed by atoms with Crippen LogP contribution in [-0.4, -0.2) is 70.8 Å². The highest BCUT2D eigenvalue weighted by Crippen LogP contribution is 2.26. The molecule has 1 saturated heterocycles. The Labute approximate surface area is 191 Å². The summed E-state index contributed by atoms with van der Waals surface area (Å²) < 4.78 is 13.1. The lowest BCUT2D eigenvalue weighted by Crippen LogP contribution is -2.47. The molecule has 1 unspecified atom stereocenters. The molecular weight excluding hydrogens is 426 g/mol. The fourth-order valence-electron chi connectivity index (χ4n) is 3.61. The standard InChI is InChI=1S/C23H27N5O3S/c1-30-21-10-6-5-9-20(21)28-17-25-26-23(28)32-16-22(29)24-13-19-15-27(11-12-31-19)14-18-7-3-2-4-8-18/h2-10,17,19H,11-16H2,1H3,(H,24,29). The minimum atomic E-state index is -0.0617. The van der Waals surface area contributed by atoms with E-state index in [0.717, 1.165) is 25.3 Å². The van der Waals surface area contributed by atoms with Crippen LogP contribution in [0.2, 0.25) is 0 Å². The molecule has 168 valence electrons. The molecule has 3 aromatic rings. The van der Waals surface area contributed by atoms with Gasteiger partial charge in [-0.05, 0) is 17.7 Å². The Morgan fingerprint density at radius 2 is 2.03 bits per heavy atom. The monoisotopic (exact) mass is 453 g/mol. The third kappa shape index (κ3) is 5.87. The van der Waals surface area contributed by atoms with Crippen LogP contribution in [0.3, 0.4) is 0 Å². The van der Waals surface area contributed by atoms with E-state index >= 15 is 0 Å². The van der Waals surface area contributed by atoms with E-state index in [0.29, 0.717) is 24.1 Å². The van der Waals surface area contributed by atoms with E-state index in [1.54, 1.807) is 13.4 Å². The highest BCUT2D eigenvalue weighted by atomic mass is 32.2. The first-order valence-corrected chi connectivity index (χ1v) is 11.5. The number of ether oxygens (including phenoxy) is 2. The highest BCUT2D eigenvalue weighted by molar-refractivity contribution is 7.99. The number of rotatable bonds is 9. The van der Waals surface area contributed by atoms with Gasteiger partial charge >= 0.3 is 0 Å². The van der Waals surface area contributed by atoms with Gasteiger partial charge in [-0.15, -0.1) is 10.2 Å². The van der Waals surface area contributed by atoms with Crippen LogP contribution < -0.4 is 10.1 Å². The van der Waals surface area contributed by atoms with Gasteiger partial charge in [0.15, 0.2) is 5.16 Å². The van der Waals surface area contributed by atoms with Crippen molar-refractivity contribution in [2.24, 2.45) is 0 Å². The van der Waals surface area contributed by atoms with Crippen LogP contribution in [0.1, 0.15) is 5.56 Å². The zero-order valence-corrected chi connectivity index (χ0v) is 18.8. The Kier molecular flexibility index (Phi) is 7.76. The molecule has 0 spiro atoms. The first-order chi connectivity index (χ1) is 15.7. The Bertz CT molecular complexity index is 1010. The molecule has 1 atom stereocenters. The van der Waals surface area contributed by atoms with Crippen LogP contribution in [0.5, 0.6) is 5.75 Å². The maximum absolute atomic E-state index is 12.4. The van der Waals surface area contributed by atoms with Gasteiger partial charge in [0.2, 0.25) is 5.91 Å². The predicted octanol–water partition coefficient (Wildman–Crippen LogP) is 2.39. The van der Waals surface area contributed by atoms with Gasteiger partial charge in [0.25, 0.3) is 0 Å². The number of methoxy groups -OCH3 is 1. The second-order valence-corrected chi connectivity index (χ2v) is 8.40. The molecule has 1 aliphatic heterocycles. The third-order valence-electron chi connectivity index (χ3n) is 5.19. The fraction of sp³-hybridized carbons (Fsp3) is 0.348. The van der Waals surface area contributed by atoms with Crippen molar-refractivity contribution in [2.45, 2.75) is 17.8 Å². The van der Waals surface area contributed by atoms with E-state index in [2.05, 4.69) is 44.7 Å². The summed E-state index contributed by atoms with van der Waals surface area (Å²) in [5.41, 5.74) is 2.12. The van der Waals surface area contributed by atoms with Gasteiger partial charge < -0.3 is 14.8 Å². The lowest BCUT2D eigenvalue weighted by atomic mass is 10.2. The van der Waals surface area contributed by atoms with Crippen molar-refractivity contribution in [3.8, 4) is 11.4 Å². The molecule has 4 rings (SSSR count). The SMILES string of the molecule is COc1ccccc1-n1cnnc1SCC(=O)NCC1CN(Cc2ccccc2)CCO1. The van der Waals surface area contributed by atoms with Crippen molar-refractivity contribution < 1.29 is 14.3 Å². The first kappa shape index (κ1) is 22.3. The molecule has 0 saturated carbocycles. The van der Waals surface area contributed by atoms with Crippen LogP contribution in [0.4, 0.5) is 0 Å². The summed E-state index contributed by atoms with van der Waals surface area (Å²) in [6, 6.07) is 18.0. The number of nitrogens with zero attached hydrogens (tertiary/aromatic N) is 4. The molecule has 0 bridgehead atoms. The van der Waals surface area contributed by atoms with Crippen LogP contribution in [0, 0.1) is 0 Å². The van der Waals surface area contributed by atoms with Crippen LogP contribution in [-0.2, 0) is 16.1 Å². The second kappa shape index (κ2) is 11.1. The minimum Gasteiger partial charge on any atom is -0.495 e. The number of nitrogens with one attached hydrogen (secondary N) is 1. The van der Waals surface area contributed by atoms with Gasteiger partial charge in [-0.2, -0.15) is 0 Å². The van der Waals surface area contributed by atoms with Crippen molar-refractivity contribution in [3.05, 3.63) is 66.5 Å². The first-order valence-electron chi connectivity index (χ1n) is 10.5. The average molecular weight is 454 g/mol. The zero-order chi connectivity index (χ0) is 22.2. The summed E-state index contributed by atoms with van der Waals surface area (Å²) >= 11 is 1.34. The molecule has 1 fully saturated rings. The Morgan fingerprint density at radius 1 is 1.22 bits per heavy atom. The zero-order valence-electron chi connectivity index (χ0n) is 18.0. The summed E-state index contributed by atoms with van der Waals surface area (Å²) in [7, 11) is 1.62. The largest absolute Gasteiger partial charge is 0.495 e. The number of hydrogen-bond donors (Lipinski definition) is 1. The molecule has 9 heteroatoms. The predicted molar refractivity (Wildman–Crippen MR) is 123 cm³/mol. The molecule has 2 aromatic carbocycles. The number of hydrogen-bond acceptors (Lipinski definition) is 7. The summed E-state index contributed by atoms with van der Waals surface area (Å²) in [5, 5.41) is 11.8. The number of amides is 1. The Morgan fingerprint density at radius 3 is 2.88 bits per heavy atom. The average Bonchev–Trinajstić information content (AvgIpc) is 3.31. The molecule has 1 N–H and O–H groups in total. The molecule has 1 aromatic heterocycles. The molecule has 0 radical (unpaired) electrons. The van der Waals surface area contributed by atoms with Gasteiger partial charge in [0.05, 0.1) is 31.3 Å². The molecule has 8 nitrogen and oxygen atoms in total. The Balaban J connectivity index is 1.25. The van der Waals surface area contributed by atoms with E-state index in [-0.39, 0.29) is 17.8 Å². The number of carbonyl (C=O) groups is 1. The summed E-state index contributed by atoms with van der Waals surface area (Å²) in [6.45, 7) is 3.75. The maximum Gasteiger partial charge on any atom is 0.230 e. The third-order valence-corrected chi connectivity index (χ3v) is 6.14. The van der Waals surface area contributed by atoms with Crippen molar-refractivity contribution in [1.82, 2.24) is 25.0 Å². The fourth-order valence-corrected chi connectivity index (χ4v) is 4.37. The van der Waals surface area contributed by atoms with Gasteiger partial charge in [-0.3, -0.25) is 14.3 Å². The van der Waals surface area contributed by atoms with Crippen LogP contribution in [0.15, 0.2) is 66.1 Å². The lowest BCUT2D eigenvalue weighted by molar-refractivity contribution is -0.119. The van der Waals surface area contributed by atoms with E-state index in [9.17, 15) is 4.79 Å². The second-order valence-electron chi connectivity index (χ2n) is 7.46. The van der Waals surface area contributed by atoms with Gasteiger partial charge in [-0.1, -0.05) is 54.2 Å². The van der Waals surface area contributed by atoms with Gasteiger partial charge in [-0.25, -0.2) is 0 Å². The van der Waals surface area contributed by atoms with Crippen molar-refractivity contribution in [3.63, 3.8) is 0 Å². The summed E-state index contributed by atoms with van der Waals surface area (Å²) in [5.74, 6) is 0.898. The molecule has 2 heterocycles. The van der Waals surface area contributed by atoms with Crippen molar-refractivity contribution in [2.75, 3.05) is 39.1 Å². The number of benzene rings is 2. The summed E-state index contributed by atoms with van der Waals surface area (Å²) in [4.78, 5) is 14.8. The van der Waals surface area contributed by atoms with Crippen LogP contribution >= 0.6 is 11.8 Å². The van der Waals surface area contributed by atoms with Gasteiger partial charge in [0, 0.05) is 26.2 Å². The molecular formula is C23H27N5O3S. The van der Waals surface area contributed by atoms with E-state index in [1.165, 1.54) is 17.3 Å². The number of thioether (sulfide) groups is 1. The maximum atomic E-state index is 12.4. The number of aromatic nitrogens is 3.